The molecule has 1 aromatic rings. The van der Waals surface area contributed by atoms with Crippen molar-refractivity contribution in [3.05, 3.63) is 29.6 Å². The van der Waals surface area contributed by atoms with Gasteiger partial charge in [0.1, 0.15) is 5.82 Å². The van der Waals surface area contributed by atoms with Crippen LogP contribution >= 0.6 is 0 Å². The topological polar surface area (TPSA) is 84.2 Å². The normalized spacial score (nSPS) is 21.6. The summed E-state index contributed by atoms with van der Waals surface area (Å²) in [6.07, 6.45) is 4.13. The van der Waals surface area contributed by atoms with Crippen LogP contribution in [0.2, 0.25) is 0 Å². The maximum absolute atomic E-state index is 13.3. The molecule has 2 rings (SSSR count). The Kier molecular flexibility index (Phi) is 4.77. The quantitative estimate of drug-likeness (QED) is 0.800. The lowest BCUT2D eigenvalue weighted by Crippen LogP contribution is -2.40. The van der Waals surface area contributed by atoms with Gasteiger partial charge >= 0.3 is 6.03 Å². The van der Waals surface area contributed by atoms with Crippen molar-refractivity contribution in [2.45, 2.75) is 38.6 Å². The van der Waals surface area contributed by atoms with Gasteiger partial charge in [0.05, 0.1) is 5.56 Å². The lowest BCUT2D eigenvalue weighted by Gasteiger charge is -2.26. The molecule has 6 heteroatoms. The minimum atomic E-state index is -0.863. The van der Waals surface area contributed by atoms with E-state index >= 15 is 0 Å². The van der Waals surface area contributed by atoms with Gasteiger partial charge in [0.25, 0.3) is 5.91 Å². The number of nitrogens with two attached hydrogens (primary N) is 1. The highest BCUT2D eigenvalue weighted by molar-refractivity contribution is 5.96. The van der Waals surface area contributed by atoms with Crippen molar-refractivity contribution in [3.8, 4) is 0 Å². The van der Waals surface area contributed by atoms with E-state index in [1.807, 2.05) is 0 Å². The molecule has 0 heterocycles. The van der Waals surface area contributed by atoms with Crippen LogP contribution in [0, 0.1) is 11.7 Å². The van der Waals surface area contributed by atoms with Gasteiger partial charge < -0.3 is 16.4 Å². The first-order chi connectivity index (χ1) is 9.95. The van der Waals surface area contributed by atoms with Crippen molar-refractivity contribution in [1.82, 2.24) is 5.32 Å². The van der Waals surface area contributed by atoms with Crippen molar-refractivity contribution in [3.63, 3.8) is 0 Å². The van der Waals surface area contributed by atoms with Gasteiger partial charge in [-0.2, -0.15) is 0 Å². The number of carbonyl (C=O) groups is 2. The van der Waals surface area contributed by atoms with Gasteiger partial charge in [0, 0.05) is 11.7 Å². The minimum absolute atomic E-state index is 0.164. The Morgan fingerprint density at radius 1 is 1.24 bits per heavy atom. The number of halogens is 1. The first-order valence-electron chi connectivity index (χ1n) is 7.12. The molecular formula is C15H20FN3O2. The summed E-state index contributed by atoms with van der Waals surface area (Å²) in [5.41, 5.74) is 5.17. The van der Waals surface area contributed by atoms with Crippen molar-refractivity contribution in [2.75, 3.05) is 5.32 Å². The van der Waals surface area contributed by atoms with Crippen molar-refractivity contribution in [2.24, 2.45) is 11.7 Å². The van der Waals surface area contributed by atoms with Crippen molar-refractivity contribution in [1.29, 1.82) is 0 Å². The van der Waals surface area contributed by atoms with Crippen molar-refractivity contribution < 1.29 is 14.0 Å². The smallest absolute Gasteiger partial charge is 0.319 e. The molecule has 0 radical (unpaired) electrons. The second kappa shape index (κ2) is 6.56. The summed E-state index contributed by atoms with van der Waals surface area (Å²) in [7, 11) is 0. The number of urea groups is 1. The van der Waals surface area contributed by atoms with E-state index in [4.69, 9.17) is 5.73 Å². The number of rotatable bonds is 3. The Morgan fingerprint density at radius 3 is 2.52 bits per heavy atom. The van der Waals surface area contributed by atoms with E-state index in [0.29, 0.717) is 11.6 Å². The summed E-state index contributed by atoms with van der Waals surface area (Å²) in [5.74, 6) is -0.853. The fraction of sp³-hybridized carbons (Fsp3) is 0.467. The number of primary amides is 1. The highest BCUT2D eigenvalue weighted by atomic mass is 19.1. The molecule has 4 N–H and O–H groups in total. The average Bonchev–Trinajstić information content (AvgIpc) is 2.43. The van der Waals surface area contributed by atoms with Crippen LogP contribution in [0.15, 0.2) is 18.2 Å². The Hall–Kier alpha value is -2.11. The van der Waals surface area contributed by atoms with Gasteiger partial charge in [0.2, 0.25) is 0 Å². The van der Waals surface area contributed by atoms with Crippen LogP contribution in [0.1, 0.15) is 43.0 Å². The van der Waals surface area contributed by atoms with Crippen LogP contribution in [0.4, 0.5) is 14.9 Å². The maximum Gasteiger partial charge on any atom is 0.319 e. The zero-order chi connectivity index (χ0) is 15.4. The molecule has 0 aliphatic heterocycles. The Labute approximate surface area is 123 Å². The Bertz CT molecular complexity index is 540. The van der Waals surface area contributed by atoms with Gasteiger partial charge in [-0.25, -0.2) is 9.18 Å². The average molecular weight is 293 g/mol. The number of hydrogen-bond donors (Lipinski definition) is 3. The van der Waals surface area contributed by atoms with Gasteiger partial charge in [-0.05, 0) is 49.8 Å². The third-order valence-corrected chi connectivity index (χ3v) is 3.84. The molecule has 5 nitrogen and oxygen atoms in total. The second-order valence-electron chi connectivity index (χ2n) is 5.61. The highest BCUT2D eigenvalue weighted by Crippen LogP contribution is 2.23. The number of anilines is 1. The molecule has 0 unspecified atom stereocenters. The van der Waals surface area contributed by atoms with E-state index < -0.39 is 11.7 Å². The molecule has 114 valence electrons. The van der Waals surface area contributed by atoms with E-state index in [-0.39, 0.29) is 17.6 Å². The first kappa shape index (κ1) is 15.3. The van der Waals surface area contributed by atoms with Gasteiger partial charge in [-0.1, -0.05) is 6.92 Å². The fourth-order valence-corrected chi connectivity index (χ4v) is 2.55. The summed E-state index contributed by atoms with van der Waals surface area (Å²) >= 11 is 0. The second-order valence-corrected chi connectivity index (χ2v) is 5.61. The molecule has 0 bridgehead atoms. The number of carbonyl (C=O) groups excluding carboxylic acids is 2. The predicted octanol–water partition coefficient (Wildman–Crippen LogP) is 2.62. The summed E-state index contributed by atoms with van der Waals surface area (Å²) < 4.78 is 13.3. The van der Waals surface area contributed by atoms with Crippen LogP contribution < -0.4 is 16.4 Å². The van der Waals surface area contributed by atoms with E-state index in [1.165, 1.54) is 12.1 Å². The van der Waals surface area contributed by atoms with Crippen LogP contribution in [-0.4, -0.2) is 18.0 Å². The van der Waals surface area contributed by atoms with Crippen LogP contribution in [0.25, 0.3) is 0 Å². The summed E-state index contributed by atoms with van der Waals surface area (Å²) in [6, 6.07) is 3.55. The van der Waals surface area contributed by atoms with Gasteiger partial charge in [-0.15, -0.1) is 0 Å². The van der Waals surface area contributed by atoms with Crippen LogP contribution in [0.3, 0.4) is 0 Å². The summed E-state index contributed by atoms with van der Waals surface area (Å²) in [5, 5.41) is 5.49. The molecule has 1 saturated carbocycles. The SMILES string of the molecule is CC1CCC(NC(=O)Nc2ccc(F)c(C(N)=O)c2)CC1. The molecule has 1 fully saturated rings. The zero-order valence-electron chi connectivity index (χ0n) is 12.0. The molecule has 21 heavy (non-hydrogen) atoms. The standard InChI is InChI=1S/C15H20FN3O2/c1-9-2-4-10(5-3-9)18-15(21)19-11-6-7-13(16)12(8-11)14(17)20/h6-10H,2-5H2,1H3,(H2,17,20)(H2,18,19,21). The molecule has 0 aromatic heterocycles. The molecule has 3 amide bonds. The maximum atomic E-state index is 13.3. The third-order valence-electron chi connectivity index (χ3n) is 3.84. The largest absolute Gasteiger partial charge is 0.366 e. The van der Waals surface area contributed by atoms with Gasteiger partial charge in [0.15, 0.2) is 0 Å². The van der Waals surface area contributed by atoms with Crippen molar-refractivity contribution >= 4 is 17.6 Å². The summed E-state index contributed by atoms with van der Waals surface area (Å²) in [6.45, 7) is 2.21. The molecule has 1 aliphatic rings. The number of benzene rings is 1. The number of amides is 3. The Balaban J connectivity index is 1.93. The number of hydrogen-bond acceptors (Lipinski definition) is 2. The predicted molar refractivity (Wildman–Crippen MR) is 78.5 cm³/mol. The Morgan fingerprint density at radius 2 is 1.90 bits per heavy atom. The molecule has 1 aromatic carbocycles. The van der Waals surface area contributed by atoms with E-state index in [0.717, 1.165) is 31.7 Å². The number of nitrogens with one attached hydrogen (secondary N) is 2. The zero-order valence-corrected chi connectivity index (χ0v) is 12.0. The first-order valence-corrected chi connectivity index (χ1v) is 7.12. The lowest BCUT2D eigenvalue weighted by atomic mass is 9.87. The molecule has 0 atom stereocenters. The van der Waals surface area contributed by atoms with Gasteiger partial charge in [-0.3, -0.25) is 4.79 Å². The third kappa shape index (κ3) is 4.18. The summed E-state index contributed by atoms with van der Waals surface area (Å²) in [4.78, 5) is 23.0. The molecule has 0 saturated heterocycles. The lowest BCUT2D eigenvalue weighted by molar-refractivity contribution is 0.0996. The van der Waals surface area contributed by atoms with E-state index in [2.05, 4.69) is 17.6 Å². The fourth-order valence-electron chi connectivity index (χ4n) is 2.55. The van der Waals surface area contributed by atoms with Crippen LogP contribution in [-0.2, 0) is 0 Å². The molecular weight excluding hydrogens is 273 g/mol. The van der Waals surface area contributed by atoms with E-state index in [1.54, 1.807) is 0 Å². The highest BCUT2D eigenvalue weighted by Gasteiger charge is 2.20. The molecule has 0 spiro atoms. The van der Waals surface area contributed by atoms with Crippen LogP contribution in [0.5, 0.6) is 0 Å². The molecule has 1 aliphatic carbocycles. The monoisotopic (exact) mass is 293 g/mol. The van der Waals surface area contributed by atoms with E-state index in [9.17, 15) is 14.0 Å². The minimum Gasteiger partial charge on any atom is -0.366 e.